The van der Waals surface area contributed by atoms with Crippen LogP contribution in [0.3, 0.4) is 0 Å². The summed E-state index contributed by atoms with van der Waals surface area (Å²) in [6.45, 7) is 2.40. The molecule has 2 saturated heterocycles. The zero-order valence-electron chi connectivity index (χ0n) is 15.1. The average Bonchev–Trinajstić information content (AvgIpc) is 3.14. The minimum Gasteiger partial charge on any atom is -0.385 e. The maximum absolute atomic E-state index is 12.6. The number of fused-ring (bicyclic) bond motifs is 1. The number of ether oxygens (including phenoxy) is 1. The van der Waals surface area contributed by atoms with Crippen LogP contribution >= 0.6 is 0 Å². The third-order valence-corrected chi connectivity index (χ3v) is 4.90. The van der Waals surface area contributed by atoms with Crippen LogP contribution in [0.5, 0.6) is 0 Å². The van der Waals surface area contributed by atoms with Crippen molar-refractivity contribution in [2.24, 2.45) is 0 Å². The fourth-order valence-electron chi connectivity index (χ4n) is 3.50. The average molecular weight is 359 g/mol. The van der Waals surface area contributed by atoms with E-state index in [1.807, 2.05) is 12.1 Å². The minimum absolute atomic E-state index is 0.0270. The number of hydrogen-bond acceptors (Lipinski definition) is 4. The molecule has 7 heteroatoms. The van der Waals surface area contributed by atoms with Gasteiger partial charge in [0.15, 0.2) is 0 Å². The van der Waals surface area contributed by atoms with Crippen molar-refractivity contribution in [3.8, 4) is 0 Å². The van der Waals surface area contributed by atoms with Crippen molar-refractivity contribution in [2.45, 2.75) is 31.8 Å². The van der Waals surface area contributed by atoms with E-state index in [-0.39, 0.29) is 30.3 Å². The number of hydrogen-bond donors (Lipinski definition) is 1. The first-order valence-corrected chi connectivity index (χ1v) is 9.04. The summed E-state index contributed by atoms with van der Waals surface area (Å²) in [6, 6.07) is 6.89. The molecule has 1 N–H and O–H groups in total. The molecule has 2 aliphatic heterocycles. The monoisotopic (exact) mass is 359 g/mol. The molecule has 26 heavy (non-hydrogen) atoms. The molecular weight excluding hydrogens is 334 g/mol. The third kappa shape index (κ3) is 4.04. The Morgan fingerprint density at radius 3 is 2.77 bits per heavy atom. The number of piperazine rings is 1. The lowest BCUT2D eigenvalue weighted by molar-refractivity contribution is -0.154. The van der Waals surface area contributed by atoms with Crippen LogP contribution < -0.4 is 5.32 Å². The number of carbonyl (C=O) groups is 3. The van der Waals surface area contributed by atoms with Crippen LogP contribution in [-0.4, -0.2) is 66.9 Å². The lowest BCUT2D eigenvalue weighted by Crippen LogP contribution is -2.56. The Kier molecular flexibility index (Phi) is 5.88. The summed E-state index contributed by atoms with van der Waals surface area (Å²) in [6.07, 6.45) is 2.41. The summed E-state index contributed by atoms with van der Waals surface area (Å²) >= 11 is 0. The Bertz CT molecular complexity index is 674. The summed E-state index contributed by atoms with van der Waals surface area (Å²) in [4.78, 5) is 40.1. The van der Waals surface area contributed by atoms with Gasteiger partial charge < -0.3 is 19.9 Å². The maximum Gasteiger partial charge on any atom is 0.251 e. The lowest BCUT2D eigenvalue weighted by Gasteiger charge is -2.36. The lowest BCUT2D eigenvalue weighted by atomic mass is 10.1. The third-order valence-electron chi connectivity index (χ3n) is 4.90. The second-order valence-electron chi connectivity index (χ2n) is 6.74. The molecule has 140 valence electrons. The number of carbonyl (C=O) groups excluding carboxylic acids is 3. The number of nitrogens with one attached hydrogen (secondary N) is 1. The molecule has 0 aliphatic carbocycles. The number of nitrogens with zero attached hydrogens (tertiary/aromatic N) is 2. The van der Waals surface area contributed by atoms with E-state index in [1.165, 1.54) is 0 Å². The summed E-state index contributed by atoms with van der Waals surface area (Å²) < 4.78 is 4.95. The molecule has 0 bridgehead atoms. The smallest absolute Gasteiger partial charge is 0.251 e. The maximum atomic E-state index is 12.6. The fraction of sp³-hybridized carbons (Fsp3) is 0.526. The highest BCUT2D eigenvalue weighted by atomic mass is 16.5. The van der Waals surface area contributed by atoms with Crippen LogP contribution in [0.1, 0.15) is 35.2 Å². The van der Waals surface area contributed by atoms with E-state index in [0.29, 0.717) is 31.8 Å². The molecule has 0 saturated carbocycles. The zero-order valence-corrected chi connectivity index (χ0v) is 15.1. The van der Waals surface area contributed by atoms with Gasteiger partial charge in [-0.1, -0.05) is 12.1 Å². The molecule has 0 unspecified atom stereocenters. The molecule has 1 aromatic rings. The van der Waals surface area contributed by atoms with Crippen molar-refractivity contribution in [1.82, 2.24) is 15.1 Å². The van der Waals surface area contributed by atoms with Crippen molar-refractivity contribution in [2.75, 3.05) is 33.4 Å². The summed E-state index contributed by atoms with van der Waals surface area (Å²) in [5.74, 6) is -0.0697. The largest absolute Gasteiger partial charge is 0.385 e. The molecule has 3 amide bonds. The molecule has 1 aromatic carbocycles. The highest BCUT2D eigenvalue weighted by molar-refractivity contribution is 5.95. The van der Waals surface area contributed by atoms with E-state index in [4.69, 9.17) is 4.74 Å². The molecule has 2 heterocycles. The van der Waals surface area contributed by atoms with Gasteiger partial charge in [-0.3, -0.25) is 14.4 Å². The molecule has 2 fully saturated rings. The Morgan fingerprint density at radius 2 is 2.04 bits per heavy atom. The molecule has 0 radical (unpaired) electrons. The Morgan fingerprint density at radius 1 is 1.27 bits per heavy atom. The van der Waals surface area contributed by atoms with Crippen LogP contribution in [0.25, 0.3) is 0 Å². The van der Waals surface area contributed by atoms with Gasteiger partial charge in [-0.15, -0.1) is 0 Å². The van der Waals surface area contributed by atoms with Crippen LogP contribution in [0, 0.1) is 0 Å². The van der Waals surface area contributed by atoms with Gasteiger partial charge in [0.1, 0.15) is 12.6 Å². The van der Waals surface area contributed by atoms with Crippen molar-refractivity contribution >= 4 is 17.7 Å². The topological polar surface area (TPSA) is 79.0 Å². The van der Waals surface area contributed by atoms with E-state index in [0.717, 1.165) is 24.8 Å². The molecule has 7 nitrogen and oxygen atoms in total. The molecular formula is C19H25N3O4. The Balaban J connectivity index is 1.56. The first kappa shape index (κ1) is 18.4. The number of benzene rings is 1. The van der Waals surface area contributed by atoms with Crippen molar-refractivity contribution in [3.05, 3.63) is 35.4 Å². The predicted molar refractivity (Wildman–Crippen MR) is 95.4 cm³/mol. The highest BCUT2D eigenvalue weighted by Crippen LogP contribution is 2.24. The summed E-state index contributed by atoms with van der Waals surface area (Å²) in [7, 11) is 1.63. The van der Waals surface area contributed by atoms with Gasteiger partial charge in [-0.25, -0.2) is 0 Å². The van der Waals surface area contributed by atoms with Crippen LogP contribution in [-0.2, 0) is 20.9 Å². The van der Waals surface area contributed by atoms with Crippen molar-refractivity contribution in [3.63, 3.8) is 0 Å². The zero-order chi connectivity index (χ0) is 18.5. The normalized spacial score (nSPS) is 19.7. The van der Waals surface area contributed by atoms with E-state index < -0.39 is 0 Å². The van der Waals surface area contributed by atoms with Gasteiger partial charge in [0.05, 0.1) is 0 Å². The van der Waals surface area contributed by atoms with Gasteiger partial charge in [0.25, 0.3) is 5.91 Å². The van der Waals surface area contributed by atoms with E-state index in [9.17, 15) is 14.4 Å². The quantitative estimate of drug-likeness (QED) is 0.730. The van der Waals surface area contributed by atoms with Gasteiger partial charge in [0.2, 0.25) is 11.8 Å². The molecule has 2 aliphatic rings. The highest BCUT2D eigenvalue weighted by Gasteiger charge is 2.41. The molecule has 0 spiro atoms. The minimum atomic E-state index is -0.284. The first-order valence-electron chi connectivity index (χ1n) is 9.04. The standard InChI is InChI=1S/C19H25N3O4/c1-26-11-3-9-20-18(24)15-7-5-14(6-8-15)12-21-13-17(23)22-10-2-4-16(22)19(21)25/h5-8,16H,2-4,9-13H2,1H3,(H,20,24)/t16-/m0/s1. The van der Waals surface area contributed by atoms with E-state index in [2.05, 4.69) is 5.32 Å². The van der Waals surface area contributed by atoms with E-state index in [1.54, 1.807) is 29.0 Å². The number of methoxy groups -OCH3 is 1. The summed E-state index contributed by atoms with van der Waals surface area (Å²) in [5.41, 5.74) is 1.49. The Hall–Kier alpha value is -2.41. The van der Waals surface area contributed by atoms with Crippen LogP contribution in [0.15, 0.2) is 24.3 Å². The van der Waals surface area contributed by atoms with E-state index >= 15 is 0 Å². The second kappa shape index (κ2) is 8.31. The number of rotatable bonds is 7. The predicted octanol–water partition coefficient (Wildman–Crippen LogP) is 0.786. The van der Waals surface area contributed by atoms with Gasteiger partial charge in [0, 0.05) is 38.9 Å². The van der Waals surface area contributed by atoms with Crippen LogP contribution in [0.4, 0.5) is 0 Å². The first-order chi connectivity index (χ1) is 12.6. The van der Waals surface area contributed by atoms with Crippen LogP contribution in [0.2, 0.25) is 0 Å². The molecule has 3 rings (SSSR count). The summed E-state index contributed by atoms with van der Waals surface area (Å²) in [5, 5.41) is 2.84. The SMILES string of the molecule is COCCCNC(=O)c1ccc(CN2CC(=O)N3CCC[C@H]3C2=O)cc1. The van der Waals surface area contributed by atoms with Crippen molar-refractivity contribution in [1.29, 1.82) is 0 Å². The molecule has 1 atom stereocenters. The Labute approximate surface area is 153 Å². The van der Waals surface area contributed by atoms with Crippen molar-refractivity contribution < 1.29 is 19.1 Å². The van der Waals surface area contributed by atoms with Gasteiger partial charge >= 0.3 is 0 Å². The molecule has 0 aromatic heterocycles. The fourth-order valence-corrected chi connectivity index (χ4v) is 3.50. The second-order valence-corrected chi connectivity index (χ2v) is 6.74. The van der Waals surface area contributed by atoms with Gasteiger partial charge in [-0.2, -0.15) is 0 Å². The van der Waals surface area contributed by atoms with Gasteiger partial charge in [-0.05, 0) is 37.0 Å². The number of amides is 3.